The number of nitrogens with one attached hydrogen (secondary N) is 2. The second kappa shape index (κ2) is 10.4. The highest BCUT2D eigenvalue weighted by molar-refractivity contribution is 7.09. The van der Waals surface area contributed by atoms with Crippen LogP contribution in [0.15, 0.2) is 22.5 Å². The van der Waals surface area contributed by atoms with Crippen molar-refractivity contribution in [3.05, 3.63) is 22.4 Å². The van der Waals surface area contributed by atoms with Crippen LogP contribution in [0.5, 0.6) is 0 Å². The van der Waals surface area contributed by atoms with Gasteiger partial charge >= 0.3 is 0 Å². The molecule has 1 fully saturated rings. The number of nitrogens with zero attached hydrogens (tertiary/aromatic N) is 3. The second-order valence-corrected chi connectivity index (χ2v) is 7.51. The number of hydrogen-bond donors (Lipinski definition) is 2. The van der Waals surface area contributed by atoms with Crippen molar-refractivity contribution in [3.63, 3.8) is 0 Å². The van der Waals surface area contributed by atoms with Crippen molar-refractivity contribution in [1.82, 2.24) is 20.4 Å². The summed E-state index contributed by atoms with van der Waals surface area (Å²) in [6.07, 6.45) is 3.10. The molecule has 1 aliphatic rings. The minimum Gasteiger partial charge on any atom is -0.357 e. The average molecular weight is 366 g/mol. The van der Waals surface area contributed by atoms with Gasteiger partial charge in [0.15, 0.2) is 5.96 Å². The van der Waals surface area contributed by atoms with Crippen LogP contribution in [0, 0.1) is 0 Å². The van der Waals surface area contributed by atoms with Gasteiger partial charge in [-0.25, -0.2) is 4.99 Å². The Bertz CT molecular complexity index is 544. The Balaban J connectivity index is 1.74. The molecule has 25 heavy (non-hydrogen) atoms. The maximum atomic E-state index is 12.2. The molecule has 0 aromatic carbocycles. The molecule has 0 saturated carbocycles. The molecule has 1 amide bonds. The van der Waals surface area contributed by atoms with E-state index in [4.69, 9.17) is 0 Å². The van der Waals surface area contributed by atoms with Crippen LogP contribution in [0.4, 0.5) is 0 Å². The number of thiophene rings is 1. The van der Waals surface area contributed by atoms with E-state index < -0.39 is 0 Å². The summed E-state index contributed by atoms with van der Waals surface area (Å²) in [5, 5.41) is 8.76. The van der Waals surface area contributed by atoms with E-state index in [2.05, 4.69) is 45.0 Å². The molecule has 0 radical (unpaired) electrons. The molecule has 1 aromatic heterocycles. The van der Waals surface area contributed by atoms with E-state index in [0.717, 1.165) is 51.4 Å². The SMILES string of the molecule is CCNC(=NCc1cccs1)NCCCN1CCCC1C(=O)N(C)C. The highest BCUT2D eigenvalue weighted by atomic mass is 32.1. The summed E-state index contributed by atoms with van der Waals surface area (Å²) in [5.74, 6) is 1.09. The first-order chi connectivity index (χ1) is 12.1. The fourth-order valence-corrected chi connectivity index (χ4v) is 3.69. The topological polar surface area (TPSA) is 60.0 Å². The van der Waals surface area contributed by atoms with Gasteiger partial charge in [0, 0.05) is 38.6 Å². The number of likely N-dealkylation sites (N-methyl/N-ethyl adjacent to an activating group) is 1. The van der Waals surface area contributed by atoms with Gasteiger partial charge in [0.1, 0.15) is 0 Å². The first kappa shape index (κ1) is 19.7. The minimum atomic E-state index is 0.0655. The predicted octanol–water partition coefficient (Wildman–Crippen LogP) is 1.75. The molecular weight excluding hydrogens is 334 g/mol. The Hall–Kier alpha value is -1.60. The largest absolute Gasteiger partial charge is 0.357 e. The molecule has 7 heteroatoms. The summed E-state index contributed by atoms with van der Waals surface area (Å²) in [6, 6.07) is 4.22. The number of carbonyl (C=O) groups is 1. The summed E-state index contributed by atoms with van der Waals surface area (Å²) in [4.78, 5) is 22.1. The van der Waals surface area contributed by atoms with Crippen LogP contribution >= 0.6 is 11.3 Å². The Morgan fingerprint density at radius 1 is 1.44 bits per heavy atom. The number of rotatable bonds is 8. The number of likely N-dealkylation sites (tertiary alicyclic amines) is 1. The number of amides is 1. The Morgan fingerprint density at radius 3 is 2.96 bits per heavy atom. The lowest BCUT2D eigenvalue weighted by Gasteiger charge is -2.26. The Labute approximate surface area is 155 Å². The molecule has 0 spiro atoms. The van der Waals surface area contributed by atoms with Crippen LogP contribution in [0.2, 0.25) is 0 Å². The van der Waals surface area contributed by atoms with Crippen LogP contribution < -0.4 is 10.6 Å². The molecule has 140 valence electrons. The molecule has 1 atom stereocenters. The van der Waals surface area contributed by atoms with E-state index in [1.54, 1.807) is 16.2 Å². The third kappa shape index (κ3) is 6.32. The van der Waals surface area contributed by atoms with E-state index in [-0.39, 0.29) is 11.9 Å². The zero-order valence-electron chi connectivity index (χ0n) is 15.6. The fraction of sp³-hybridized carbons (Fsp3) is 0.667. The van der Waals surface area contributed by atoms with Crippen LogP contribution in [0.3, 0.4) is 0 Å². The molecular formula is C18H31N5OS. The number of aliphatic imine (C=N–C) groups is 1. The zero-order valence-corrected chi connectivity index (χ0v) is 16.4. The standard InChI is InChI=1S/C18H31N5OS/c1-4-19-18(21-14-15-8-6-13-25-15)20-10-7-12-23-11-5-9-16(23)17(24)22(2)3/h6,8,13,16H,4-5,7,9-12,14H2,1-3H3,(H2,19,20,21). The normalized spacial score (nSPS) is 18.4. The molecule has 6 nitrogen and oxygen atoms in total. The Kier molecular flexibility index (Phi) is 8.21. The Morgan fingerprint density at radius 2 is 2.28 bits per heavy atom. The van der Waals surface area contributed by atoms with Gasteiger partial charge in [-0.05, 0) is 44.2 Å². The van der Waals surface area contributed by atoms with Gasteiger partial charge in [0.25, 0.3) is 0 Å². The van der Waals surface area contributed by atoms with E-state index in [1.807, 2.05) is 14.1 Å². The first-order valence-electron chi connectivity index (χ1n) is 9.11. The lowest BCUT2D eigenvalue weighted by Crippen LogP contribution is -2.44. The third-order valence-electron chi connectivity index (χ3n) is 4.32. The van der Waals surface area contributed by atoms with Crippen molar-refractivity contribution >= 4 is 23.2 Å². The van der Waals surface area contributed by atoms with Crippen LogP contribution in [-0.4, -0.2) is 68.0 Å². The molecule has 1 unspecified atom stereocenters. The van der Waals surface area contributed by atoms with Crippen molar-refractivity contribution in [3.8, 4) is 0 Å². The van der Waals surface area contributed by atoms with E-state index >= 15 is 0 Å². The summed E-state index contributed by atoms with van der Waals surface area (Å²) in [6.45, 7) is 6.46. The van der Waals surface area contributed by atoms with Gasteiger partial charge in [0.05, 0.1) is 12.6 Å². The lowest BCUT2D eigenvalue weighted by atomic mass is 10.2. The molecule has 2 heterocycles. The molecule has 2 rings (SSSR count). The molecule has 2 N–H and O–H groups in total. The van der Waals surface area contributed by atoms with Gasteiger partial charge in [-0.1, -0.05) is 6.07 Å². The second-order valence-electron chi connectivity index (χ2n) is 6.48. The van der Waals surface area contributed by atoms with Crippen molar-refractivity contribution < 1.29 is 4.79 Å². The summed E-state index contributed by atoms with van der Waals surface area (Å²) in [7, 11) is 3.68. The molecule has 1 saturated heterocycles. The molecule has 1 aromatic rings. The quantitative estimate of drug-likeness (QED) is 0.419. The highest BCUT2D eigenvalue weighted by Crippen LogP contribution is 2.18. The van der Waals surface area contributed by atoms with Gasteiger partial charge in [-0.15, -0.1) is 11.3 Å². The maximum absolute atomic E-state index is 12.2. The average Bonchev–Trinajstić information content (AvgIpc) is 3.27. The smallest absolute Gasteiger partial charge is 0.239 e. The van der Waals surface area contributed by atoms with Gasteiger partial charge in [0.2, 0.25) is 5.91 Å². The summed E-state index contributed by atoms with van der Waals surface area (Å²) in [5.41, 5.74) is 0. The van der Waals surface area contributed by atoms with Gasteiger partial charge in [-0.2, -0.15) is 0 Å². The van der Waals surface area contributed by atoms with Crippen molar-refractivity contribution in [2.24, 2.45) is 4.99 Å². The number of carbonyl (C=O) groups excluding carboxylic acids is 1. The predicted molar refractivity (Wildman–Crippen MR) is 105 cm³/mol. The van der Waals surface area contributed by atoms with Crippen LogP contribution in [0.1, 0.15) is 31.1 Å². The molecule has 1 aliphatic heterocycles. The van der Waals surface area contributed by atoms with E-state index in [9.17, 15) is 4.79 Å². The van der Waals surface area contributed by atoms with Crippen molar-refractivity contribution in [1.29, 1.82) is 0 Å². The van der Waals surface area contributed by atoms with Gasteiger partial charge in [-0.3, -0.25) is 9.69 Å². The lowest BCUT2D eigenvalue weighted by molar-refractivity contribution is -0.133. The van der Waals surface area contributed by atoms with E-state index in [1.165, 1.54) is 4.88 Å². The first-order valence-corrected chi connectivity index (χ1v) is 9.99. The maximum Gasteiger partial charge on any atom is 0.239 e. The zero-order chi connectivity index (χ0) is 18.1. The minimum absolute atomic E-state index is 0.0655. The van der Waals surface area contributed by atoms with Crippen molar-refractivity contribution in [2.45, 2.75) is 38.8 Å². The van der Waals surface area contributed by atoms with Gasteiger partial charge < -0.3 is 15.5 Å². The summed E-state index contributed by atoms with van der Waals surface area (Å²) < 4.78 is 0. The number of hydrogen-bond acceptors (Lipinski definition) is 4. The van der Waals surface area contributed by atoms with Crippen LogP contribution in [-0.2, 0) is 11.3 Å². The summed E-state index contributed by atoms with van der Waals surface area (Å²) >= 11 is 1.73. The third-order valence-corrected chi connectivity index (χ3v) is 5.18. The number of guanidine groups is 1. The monoisotopic (exact) mass is 365 g/mol. The van der Waals surface area contributed by atoms with E-state index in [0.29, 0.717) is 6.54 Å². The molecule has 0 aliphatic carbocycles. The molecule has 0 bridgehead atoms. The highest BCUT2D eigenvalue weighted by Gasteiger charge is 2.30. The van der Waals surface area contributed by atoms with Crippen LogP contribution in [0.25, 0.3) is 0 Å². The fourth-order valence-electron chi connectivity index (χ4n) is 3.06. The van der Waals surface area contributed by atoms with Crippen molar-refractivity contribution in [2.75, 3.05) is 40.3 Å².